The maximum atomic E-state index is 5.72. The van der Waals surface area contributed by atoms with Crippen LogP contribution in [0, 0.1) is 0 Å². The van der Waals surface area contributed by atoms with Crippen LogP contribution in [-0.2, 0) is 0 Å². The lowest BCUT2D eigenvalue weighted by Gasteiger charge is -2.22. The van der Waals surface area contributed by atoms with E-state index in [4.69, 9.17) is 21.1 Å². The number of piperidine rings is 1. The molecule has 1 fully saturated rings. The minimum absolute atomic E-state index is 0.0765. The van der Waals surface area contributed by atoms with Gasteiger partial charge in [-0.3, -0.25) is 0 Å². The lowest BCUT2D eigenvalue weighted by molar-refractivity contribution is 0.246. The van der Waals surface area contributed by atoms with E-state index < -0.39 is 0 Å². The van der Waals surface area contributed by atoms with Crippen LogP contribution >= 0.6 is 11.6 Å². The lowest BCUT2D eigenvalue weighted by Crippen LogP contribution is -2.35. The highest BCUT2D eigenvalue weighted by Gasteiger charge is 2.13. The van der Waals surface area contributed by atoms with E-state index in [1.807, 2.05) is 0 Å². The summed E-state index contributed by atoms with van der Waals surface area (Å²) < 4.78 is 10.4. The largest absolute Gasteiger partial charge is 0.467 e. The van der Waals surface area contributed by atoms with Gasteiger partial charge in [0, 0.05) is 6.04 Å². The molecule has 1 unspecified atom stereocenters. The molecule has 0 aromatic carbocycles. The molecule has 1 aliphatic heterocycles. The molecule has 0 amide bonds. The normalized spacial score (nSPS) is 19.6. The summed E-state index contributed by atoms with van der Waals surface area (Å²) in [5.74, 6) is 0. The Bertz CT molecular complexity index is 385. The van der Waals surface area contributed by atoms with Crippen molar-refractivity contribution >= 4 is 11.6 Å². The fourth-order valence-electron chi connectivity index (χ4n) is 1.93. The van der Waals surface area contributed by atoms with Crippen molar-refractivity contribution in [2.75, 3.05) is 20.3 Å². The van der Waals surface area contributed by atoms with Gasteiger partial charge in [-0.1, -0.05) is 6.42 Å². The molecule has 6 nitrogen and oxygen atoms in total. The van der Waals surface area contributed by atoms with Gasteiger partial charge in [0.25, 0.3) is 0 Å². The van der Waals surface area contributed by atoms with Crippen molar-refractivity contribution < 1.29 is 9.47 Å². The van der Waals surface area contributed by atoms with E-state index in [1.165, 1.54) is 26.4 Å². The number of rotatable bonds is 5. The first kappa shape index (κ1) is 13.3. The smallest absolute Gasteiger partial charge is 0.323 e. The molecule has 1 saturated heterocycles. The molecule has 7 heteroatoms. The summed E-state index contributed by atoms with van der Waals surface area (Å²) in [5.41, 5.74) is 0. The minimum Gasteiger partial charge on any atom is -0.467 e. The topological polar surface area (TPSA) is 69.2 Å². The summed E-state index contributed by atoms with van der Waals surface area (Å²) >= 11 is 5.72. The predicted octanol–water partition coefficient (Wildman–Crippen LogP) is 1.44. The van der Waals surface area contributed by atoms with E-state index in [1.54, 1.807) is 0 Å². The van der Waals surface area contributed by atoms with E-state index in [2.05, 4.69) is 20.3 Å². The number of hydrogen-bond acceptors (Lipinski definition) is 6. The first-order valence-electron chi connectivity index (χ1n) is 6.09. The van der Waals surface area contributed by atoms with Crippen molar-refractivity contribution in [1.29, 1.82) is 0 Å². The van der Waals surface area contributed by atoms with Gasteiger partial charge < -0.3 is 14.8 Å². The van der Waals surface area contributed by atoms with Gasteiger partial charge in [-0.2, -0.15) is 9.97 Å². The van der Waals surface area contributed by atoms with Crippen LogP contribution in [0.25, 0.3) is 0 Å². The van der Waals surface area contributed by atoms with Crippen LogP contribution in [0.3, 0.4) is 0 Å². The van der Waals surface area contributed by atoms with Crippen molar-refractivity contribution in [3.8, 4) is 12.0 Å². The summed E-state index contributed by atoms with van der Waals surface area (Å²) in [5, 5.41) is 3.53. The van der Waals surface area contributed by atoms with E-state index >= 15 is 0 Å². The first-order valence-corrected chi connectivity index (χ1v) is 6.47. The second-order valence-corrected chi connectivity index (χ2v) is 4.50. The second kappa shape index (κ2) is 6.70. The third-order valence-corrected chi connectivity index (χ3v) is 3.03. The molecule has 1 aromatic heterocycles. The molecule has 1 aromatic rings. The van der Waals surface area contributed by atoms with E-state index in [0.717, 1.165) is 13.0 Å². The Morgan fingerprint density at radius 3 is 2.83 bits per heavy atom. The number of methoxy groups -OCH3 is 1. The van der Waals surface area contributed by atoms with Crippen LogP contribution in [0.5, 0.6) is 12.0 Å². The minimum atomic E-state index is 0.0765. The van der Waals surface area contributed by atoms with Gasteiger partial charge in [-0.05, 0) is 37.4 Å². The average molecular weight is 273 g/mol. The van der Waals surface area contributed by atoms with Crippen molar-refractivity contribution in [2.24, 2.45) is 0 Å². The predicted molar refractivity (Wildman–Crippen MR) is 67.1 cm³/mol. The molecule has 100 valence electrons. The highest BCUT2D eigenvalue weighted by molar-refractivity contribution is 6.28. The number of halogens is 1. The molecule has 1 N–H and O–H groups in total. The molecule has 0 radical (unpaired) electrons. The van der Waals surface area contributed by atoms with Crippen LogP contribution in [0.2, 0.25) is 5.28 Å². The van der Waals surface area contributed by atoms with E-state index in [0.29, 0.717) is 12.6 Å². The van der Waals surface area contributed by atoms with Crippen LogP contribution in [-0.4, -0.2) is 41.3 Å². The lowest BCUT2D eigenvalue weighted by atomic mass is 10.0. The zero-order valence-electron chi connectivity index (χ0n) is 10.4. The zero-order valence-corrected chi connectivity index (χ0v) is 11.1. The van der Waals surface area contributed by atoms with Gasteiger partial charge >= 0.3 is 12.0 Å². The Balaban J connectivity index is 1.80. The Morgan fingerprint density at radius 1 is 1.28 bits per heavy atom. The number of hydrogen-bond donors (Lipinski definition) is 1. The monoisotopic (exact) mass is 272 g/mol. The molecular weight excluding hydrogens is 256 g/mol. The zero-order chi connectivity index (χ0) is 12.8. The van der Waals surface area contributed by atoms with E-state index in [-0.39, 0.29) is 17.3 Å². The molecule has 0 aliphatic carbocycles. The summed E-state index contributed by atoms with van der Waals surface area (Å²) in [6.07, 6.45) is 4.68. The average Bonchev–Trinajstić information content (AvgIpc) is 2.39. The Morgan fingerprint density at radius 2 is 2.11 bits per heavy atom. The molecule has 2 heterocycles. The van der Waals surface area contributed by atoms with Gasteiger partial charge in [0.1, 0.15) is 0 Å². The number of ether oxygens (including phenoxy) is 2. The van der Waals surface area contributed by atoms with Gasteiger partial charge in [0.05, 0.1) is 13.7 Å². The van der Waals surface area contributed by atoms with E-state index in [9.17, 15) is 0 Å². The quantitative estimate of drug-likeness (QED) is 0.875. The van der Waals surface area contributed by atoms with Gasteiger partial charge in [-0.25, -0.2) is 0 Å². The molecule has 2 rings (SSSR count). The highest BCUT2D eigenvalue weighted by atomic mass is 35.5. The van der Waals surface area contributed by atoms with Crippen molar-refractivity contribution in [3.05, 3.63) is 5.28 Å². The summed E-state index contributed by atoms with van der Waals surface area (Å²) in [6, 6.07) is 0.904. The third kappa shape index (κ3) is 3.96. The maximum Gasteiger partial charge on any atom is 0.323 e. The van der Waals surface area contributed by atoms with Crippen molar-refractivity contribution in [3.63, 3.8) is 0 Å². The maximum absolute atomic E-state index is 5.72. The molecule has 1 atom stereocenters. The SMILES string of the molecule is COc1nc(Cl)nc(OCCC2CCCCN2)n1. The standard InChI is InChI=1S/C11H17ClN4O2/c1-17-10-14-9(12)15-11(16-10)18-7-5-8-4-2-3-6-13-8/h8,13H,2-7H2,1H3. The van der Waals surface area contributed by atoms with Crippen LogP contribution in [0.1, 0.15) is 25.7 Å². The summed E-state index contributed by atoms with van der Waals surface area (Å²) in [4.78, 5) is 11.6. The van der Waals surface area contributed by atoms with Gasteiger partial charge in [-0.15, -0.1) is 4.98 Å². The van der Waals surface area contributed by atoms with Gasteiger partial charge in [0.15, 0.2) is 0 Å². The fourth-order valence-corrected chi connectivity index (χ4v) is 2.08. The summed E-state index contributed by atoms with van der Waals surface area (Å²) in [7, 11) is 1.47. The molecular formula is C11H17ClN4O2. The second-order valence-electron chi connectivity index (χ2n) is 4.16. The first-order chi connectivity index (χ1) is 8.78. The van der Waals surface area contributed by atoms with Crippen LogP contribution in [0.15, 0.2) is 0 Å². The Labute approximate surface area is 111 Å². The molecule has 0 saturated carbocycles. The Hall–Kier alpha value is -1.14. The number of nitrogens with zero attached hydrogens (tertiary/aromatic N) is 3. The fraction of sp³-hybridized carbons (Fsp3) is 0.727. The molecule has 18 heavy (non-hydrogen) atoms. The number of aromatic nitrogens is 3. The van der Waals surface area contributed by atoms with Crippen molar-refractivity contribution in [2.45, 2.75) is 31.7 Å². The molecule has 0 bridgehead atoms. The van der Waals surface area contributed by atoms with Crippen LogP contribution < -0.4 is 14.8 Å². The molecule has 1 aliphatic rings. The van der Waals surface area contributed by atoms with Crippen molar-refractivity contribution in [1.82, 2.24) is 20.3 Å². The third-order valence-electron chi connectivity index (χ3n) is 2.86. The van der Waals surface area contributed by atoms with Gasteiger partial charge in [0.2, 0.25) is 5.28 Å². The highest BCUT2D eigenvalue weighted by Crippen LogP contribution is 2.14. The summed E-state index contributed by atoms with van der Waals surface area (Å²) in [6.45, 7) is 1.65. The molecule has 0 spiro atoms. The Kier molecular flexibility index (Phi) is 4.95. The number of nitrogens with one attached hydrogen (secondary N) is 1. The van der Waals surface area contributed by atoms with Crippen LogP contribution in [0.4, 0.5) is 0 Å².